The van der Waals surface area contributed by atoms with Gasteiger partial charge < -0.3 is 5.11 Å². The van der Waals surface area contributed by atoms with Gasteiger partial charge in [0.05, 0.1) is 5.41 Å². The third-order valence-electron chi connectivity index (χ3n) is 3.37. The molecule has 2 atom stereocenters. The molecular weight excluding hydrogens is 208 g/mol. The predicted molar refractivity (Wildman–Crippen MR) is 61.6 cm³/mol. The van der Waals surface area contributed by atoms with Gasteiger partial charge in [0.2, 0.25) is 0 Å². The second-order valence-corrected chi connectivity index (χ2v) is 11.6. The van der Waals surface area contributed by atoms with Crippen LogP contribution in [-0.2, 0) is 9.59 Å². The van der Waals surface area contributed by atoms with Crippen LogP contribution in [0.15, 0.2) is 0 Å². The maximum atomic E-state index is 11.4. The van der Waals surface area contributed by atoms with Crippen LogP contribution in [0.25, 0.3) is 0 Å². The van der Waals surface area contributed by atoms with Crippen molar-refractivity contribution < 1.29 is 14.7 Å². The van der Waals surface area contributed by atoms with Crippen molar-refractivity contribution in [2.24, 2.45) is 11.3 Å². The molecule has 1 rings (SSSR count). The highest BCUT2D eigenvalue weighted by Gasteiger charge is 2.55. The number of Topliss-reactive ketones (excluding diaryl/α,β-unsaturated/α-hetero) is 1. The molecule has 86 valence electrons. The molecule has 0 aromatic rings. The van der Waals surface area contributed by atoms with Gasteiger partial charge in [0, 0.05) is 20.4 Å². The Bertz CT molecular complexity index is 293. The second-order valence-electron chi connectivity index (χ2n) is 6.02. The second kappa shape index (κ2) is 3.74. The Labute approximate surface area is 91.9 Å². The van der Waals surface area contributed by atoms with Crippen LogP contribution in [0.5, 0.6) is 0 Å². The first-order chi connectivity index (χ1) is 6.67. The molecule has 1 aliphatic carbocycles. The van der Waals surface area contributed by atoms with Crippen LogP contribution < -0.4 is 0 Å². The van der Waals surface area contributed by atoms with E-state index in [1.807, 2.05) is 0 Å². The molecule has 1 N–H and O–H groups in total. The van der Waals surface area contributed by atoms with Crippen LogP contribution in [-0.4, -0.2) is 24.9 Å². The quantitative estimate of drug-likeness (QED) is 0.752. The first kappa shape index (κ1) is 12.4. The molecule has 0 amide bonds. The van der Waals surface area contributed by atoms with Crippen LogP contribution in [0.2, 0.25) is 25.7 Å². The zero-order valence-corrected chi connectivity index (χ0v) is 11.0. The van der Waals surface area contributed by atoms with E-state index < -0.39 is 19.5 Å². The fourth-order valence-electron chi connectivity index (χ4n) is 2.11. The van der Waals surface area contributed by atoms with Gasteiger partial charge >= 0.3 is 5.97 Å². The highest BCUT2D eigenvalue weighted by Crippen LogP contribution is 2.46. The molecule has 0 aromatic heterocycles. The fraction of sp³-hybridized carbons (Fsp3) is 0.818. The molecule has 4 heteroatoms. The summed E-state index contributed by atoms with van der Waals surface area (Å²) in [5.74, 6) is -0.914. The van der Waals surface area contributed by atoms with E-state index in [9.17, 15) is 9.59 Å². The number of ketones is 1. The van der Waals surface area contributed by atoms with Crippen molar-refractivity contribution in [3.63, 3.8) is 0 Å². The molecule has 0 aromatic carbocycles. The summed E-state index contributed by atoms with van der Waals surface area (Å²) in [4.78, 5) is 22.5. The maximum absolute atomic E-state index is 11.4. The Morgan fingerprint density at radius 2 is 2.07 bits per heavy atom. The van der Waals surface area contributed by atoms with E-state index in [0.717, 1.165) is 12.5 Å². The number of carbonyl (C=O) groups excluding carboxylic acids is 1. The van der Waals surface area contributed by atoms with Gasteiger partial charge in [-0.2, -0.15) is 0 Å². The van der Waals surface area contributed by atoms with E-state index in [-0.39, 0.29) is 18.1 Å². The standard InChI is InChI=1S/C11H20O3Si/c1-11(10(13)14)7-9(12)8(11)5-6-15(2,3)4/h8H,5-7H2,1-4H3,(H,13,14). The number of rotatable bonds is 4. The summed E-state index contributed by atoms with van der Waals surface area (Å²) in [7, 11) is -1.17. The normalized spacial score (nSPS) is 31.2. The summed E-state index contributed by atoms with van der Waals surface area (Å²) in [5, 5.41) is 9.07. The van der Waals surface area contributed by atoms with Gasteiger partial charge in [0.25, 0.3) is 0 Å². The monoisotopic (exact) mass is 228 g/mol. The number of carboxylic acids is 1. The zero-order chi connectivity index (χ0) is 11.9. The van der Waals surface area contributed by atoms with E-state index in [1.165, 1.54) is 0 Å². The number of carbonyl (C=O) groups is 2. The van der Waals surface area contributed by atoms with E-state index in [2.05, 4.69) is 19.6 Å². The lowest BCUT2D eigenvalue weighted by atomic mass is 9.59. The van der Waals surface area contributed by atoms with E-state index in [1.54, 1.807) is 6.92 Å². The fourth-order valence-corrected chi connectivity index (χ4v) is 3.27. The SMILES string of the molecule is CC1(C(=O)O)CC(=O)C1CC[Si](C)(C)C. The highest BCUT2D eigenvalue weighted by atomic mass is 28.3. The van der Waals surface area contributed by atoms with Gasteiger partial charge in [0.1, 0.15) is 5.78 Å². The molecule has 0 radical (unpaired) electrons. The van der Waals surface area contributed by atoms with Crippen LogP contribution >= 0.6 is 0 Å². The molecule has 1 aliphatic rings. The number of aliphatic carboxylic acids is 1. The Morgan fingerprint density at radius 1 is 1.53 bits per heavy atom. The first-order valence-electron chi connectivity index (χ1n) is 5.43. The van der Waals surface area contributed by atoms with Gasteiger partial charge in [-0.25, -0.2) is 0 Å². The lowest BCUT2D eigenvalue weighted by Gasteiger charge is -2.42. The highest BCUT2D eigenvalue weighted by molar-refractivity contribution is 6.76. The smallest absolute Gasteiger partial charge is 0.310 e. The van der Waals surface area contributed by atoms with E-state index >= 15 is 0 Å². The summed E-state index contributed by atoms with van der Waals surface area (Å²) in [6, 6.07) is 1.03. The molecule has 0 heterocycles. The van der Waals surface area contributed by atoms with Gasteiger partial charge in [-0.1, -0.05) is 25.7 Å². The minimum Gasteiger partial charge on any atom is -0.481 e. The summed E-state index contributed by atoms with van der Waals surface area (Å²) in [6.07, 6.45) is 0.982. The third-order valence-corrected chi connectivity index (χ3v) is 5.16. The minimum absolute atomic E-state index is 0.137. The summed E-state index contributed by atoms with van der Waals surface area (Å²) >= 11 is 0. The Morgan fingerprint density at radius 3 is 2.40 bits per heavy atom. The minimum atomic E-state index is -1.17. The first-order valence-corrected chi connectivity index (χ1v) is 9.14. The summed E-state index contributed by atoms with van der Waals surface area (Å²) in [5.41, 5.74) is -0.781. The molecule has 0 bridgehead atoms. The molecule has 1 saturated carbocycles. The van der Waals surface area contributed by atoms with Gasteiger partial charge in [-0.05, 0) is 13.3 Å². The van der Waals surface area contributed by atoms with Crippen molar-refractivity contribution in [3.05, 3.63) is 0 Å². The average molecular weight is 228 g/mol. The van der Waals surface area contributed by atoms with E-state index in [4.69, 9.17) is 5.11 Å². The molecule has 0 spiro atoms. The average Bonchev–Trinajstić information content (AvgIpc) is 2.00. The zero-order valence-electron chi connectivity index (χ0n) is 9.96. The lowest BCUT2D eigenvalue weighted by molar-refractivity contribution is -0.167. The van der Waals surface area contributed by atoms with Crippen molar-refractivity contribution in [3.8, 4) is 0 Å². The Balaban J connectivity index is 2.61. The van der Waals surface area contributed by atoms with Crippen molar-refractivity contribution in [1.29, 1.82) is 0 Å². The Kier molecular flexibility index (Phi) is 3.10. The topological polar surface area (TPSA) is 54.4 Å². The largest absolute Gasteiger partial charge is 0.481 e. The molecule has 3 nitrogen and oxygen atoms in total. The molecule has 0 saturated heterocycles. The maximum Gasteiger partial charge on any atom is 0.310 e. The number of hydrogen-bond donors (Lipinski definition) is 1. The number of hydrogen-bond acceptors (Lipinski definition) is 2. The molecule has 15 heavy (non-hydrogen) atoms. The molecular formula is C11H20O3Si. The molecule has 0 aliphatic heterocycles. The van der Waals surface area contributed by atoms with Crippen molar-refractivity contribution in [1.82, 2.24) is 0 Å². The van der Waals surface area contributed by atoms with Crippen molar-refractivity contribution in [2.45, 2.75) is 45.5 Å². The van der Waals surface area contributed by atoms with Crippen LogP contribution in [0.4, 0.5) is 0 Å². The van der Waals surface area contributed by atoms with Crippen molar-refractivity contribution in [2.75, 3.05) is 0 Å². The summed E-state index contributed by atoms with van der Waals surface area (Å²) in [6.45, 7) is 8.43. The van der Waals surface area contributed by atoms with Crippen LogP contribution in [0, 0.1) is 11.3 Å². The molecule has 2 unspecified atom stereocenters. The van der Waals surface area contributed by atoms with Gasteiger partial charge in [-0.15, -0.1) is 0 Å². The lowest BCUT2D eigenvalue weighted by Crippen LogP contribution is -2.52. The summed E-state index contributed by atoms with van der Waals surface area (Å²) < 4.78 is 0. The third kappa shape index (κ3) is 2.48. The van der Waals surface area contributed by atoms with Gasteiger partial charge in [-0.3, -0.25) is 9.59 Å². The van der Waals surface area contributed by atoms with Crippen molar-refractivity contribution >= 4 is 19.8 Å². The molecule has 1 fully saturated rings. The Hall–Kier alpha value is -0.643. The van der Waals surface area contributed by atoms with Crippen LogP contribution in [0.3, 0.4) is 0 Å². The predicted octanol–water partition coefficient (Wildman–Crippen LogP) is 2.39. The van der Waals surface area contributed by atoms with E-state index in [0.29, 0.717) is 0 Å². The van der Waals surface area contributed by atoms with Crippen LogP contribution in [0.1, 0.15) is 19.8 Å². The number of carboxylic acid groups (broad SMARTS) is 1. The van der Waals surface area contributed by atoms with Gasteiger partial charge in [0.15, 0.2) is 0 Å².